The molecular weight excluding hydrogens is 355 g/mol. The summed E-state index contributed by atoms with van der Waals surface area (Å²) in [6.07, 6.45) is 2.34. The van der Waals surface area contributed by atoms with Crippen LogP contribution in [0.2, 0.25) is 0 Å². The van der Waals surface area contributed by atoms with Crippen molar-refractivity contribution in [3.8, 4) is 0 Å². The second-order valence-corrected chi connectivity index (χ2v) is 8.64. The molecule has 0 saturated carbocycles. The van der Waals surface area contributed by atoms with E-state index in [1.165, 1.54) is 12.8 Å². The monoisotopic (exact) mass is 382 g/mol. The van der Waals surface area contributed by atoms with Gasteiger partial charge in [0.15, 0.2) is 0 Å². The highest BCUT2D eigenvalue weighted by atomic mass is 19.1. The van der Waals surface area contributed by atoms with Crippen molar-refractivity contribution in [2.75, 3.05) is 19.6 Å². The molecule has 5 heterocycles. The van der Waals surface area contributed by atoms with E-state index in [0.29, 0.717) is 25.0 Å². The summed E-state index contributed by atoms with van der Waals surface area (Å²) in [5.74, 6) is 0.767. The van der Waals surface area contributed by atoms with Crippen molar-refractivity contribution in [3.63, 3.8) is 0 Å². The first-order valence-electron chi connectivity index (χ1n) is 10.3. The van der Waals surface area contributed by atoms with Gasteiger partial charge in [-0.2, -0.15) is 5.10 Å². The molecule has 0 aliphatic carbocycles. The summed E-state index contributed by atoms with van der Waals surface area (Å²) in [6.45, 7) is 7.19. The van der Waals surface area contributed by atoms with Crippen LogP contribution in [-0.4, -0.2) is 57.2 Å². The number of piperidine rings is 3. The maximum Gasteiger partial charge on any atom is 0.244 e. The van der Waals surface area contributed by atoms with Crippen molar-refractivity contribution >= 4 is 5.91 Å². The first-order chi connectivity index (χ1) is 13.5. The molecule has 3 atom stereocenters. The molecule has 6 heteroatoms. The van der Waals surface area contributed by atoms with Crippen LogP contribution in [0.4, 0.5) is 4.39 Å². The summed E-state index contributed by atoms with van der Waals surface area (Å²) >= 11 is 0. The zero-order valence-corrected chi connectivity index (χ0v) is 16.5. The van der Waals surface area contributed by atoms with Gasteiger partial charge in [-0.25, -0.2) is 4.39 Å². The van der Waals surface area contributed by atoms with Crippen LogP contribution < -0.4 is 0 Å². The maximum atomic E-state index is 13.5. The lowest BCUT2D eigenvalue weighted by atomic mass is 9.75. The highest BCUT2D eigenvalue weighted by molar-refractivity contribution is 5.77. The van der Waals surface area contributed by atoms with Gasteiger partial charge < -0.3 is 4.90 Å². The number of likely N-dealkylation sites (tertiary alicyclic amines) is 1. The predicted octanol–water partition coefficient (Wildman–Crippen LogP) is 2.73. The molecule has 28 heavy (non-hydrogen) atoms. The smallest absolute Gasteiger partial charge is 0.244 e. The number of aromatic nitrogens is 2. The third-order valence-corrected chi connectivity index (χ3v) is 7.00. The van der Waals surface area contributed by atoms with Gasteiger partial charge in [-0.05, 0) is 69.5 Å². The average Bonchev–Trinajstić information content (AvgIpc) is 3.25. The highest BCUT2D eigenvalue weighted by Crippen LogP contribution is 2.46. The van der Waals surface area contributed by atoms with Gasteiger partial charge in [0.25, 0.3) is 0 Å². The number of fused-ring (bicyclic) bond motifs is 2. The average molecular weight is 382 g/mol. The summed E-state index contributed by atoms with van der Waals surface area (Å²) in [5, 5.41) is 4.48. The van der Waals surface area contributed by atoms with Crippen LogP contribution in [0.1, 0.15) is 35.7 Å². The number of carbonyl (C=O) groups excluding carboxylic acids is 1. The minimum absolute atomic E-state index is 0.152. The van der Waals surface area contributed by atoms with Crippen LogP contribution >= 0.6 is 0 Å². The molecule has 148 valence electrons. The topological polar surface area (TPSA) is 41.4 Å². The van der Waals surface area contributed by atoms with Gasteiger partial charge in [-0.15, -0.1) is 0 Å². The van der Waals surface area contributed by atoms with E-state index in [9.17, 15) is 9.18 Å². The first kappa shape index (κ1) is 17.9. The molecule has 5 nitrogen and oxygen atoms in total. The standard InChI is InChI=1S/C22H27FN4O/c1-14-11-15(2)27(24-14)13-20(28)26-12-19(16-3-5-18(23)6-4-16)22-21(26)17-7-9-25(22)10-8-17/h3-6,11,17,19,21-22H,7-10,12-13H2,1-2H3/t19-,21+,22+/m0/s1. The normalized spacial score (nSPS) is 31.2. The maximum absolute atomic E-state index is 13.5. The van der Waals surface area contributed by atoms with Crippen LogP contribution in [0, 0.1) is 25.6 Å². The predicted molar refractivity (Wildman–Crippen MR) is 104 cm³/mol. The van der Waals surface area contributed by atoms with E-state index in [2.05, 4.69) is 14.9 Å². The Morgan fingerprint density at radius 2 is 1.86 bits per heavy atom. The van der Waals surface area contributed by atoms with E-state index in [-0.39, 0.29) is 23.7 Å². The minimum atomic E-state index is -0.207. The fourth-order valence-electron chi connectivity index (χ4n) is 5.76. The lowest BCUT2D eigenvalue weighted by Crippen LogP contribution is -2.61. The number of benzene rings is 1. The van der Waals surface area contributed by atoms with Crippen molar-refractivity contribution < 1.29 is 9.18 Å². The Kier molecular flexibility index (Phi) is 4.27. The molecule has 4 aliphatic rings. The third kappa shape index (κ3) is 2.85. The number of nitrogens with zero attached hydrogens (tertiary/aromatic N) is 4. The molecule has 6 rings (SSSR count). The van der Waals surface area contributed by atoms with Gasteiger partial charge in [-0.1, -0.05) is 12.1 Å². The summed E-state index contributed by atoms with van der Waals surface area (Å²) in [6, 6.07) is 9.51. The number of aryl methyl sites for hydroxylation is 2. The number of carbonyl (C=O) groups is 1. The van der Waals surface area contributed by atoms with E-state index in [1.54, 1.807) is 12.1 Å². The van der Waals surface area contributed by atoms with E-state index in [0.717, 1.165) is 30.0 Å². The third-order valence-electron chi connectivity index (χ3n) is 7.00. The van der Waals surface area contributed by atoms with Crippen LogP contribution in [0.3, 0.4) is 0 Å². The van der Waals surface area contributed by atoms with E-state index in [1.807, 2.05) is 36.7 Å². The Bertz CT molecular complexity index is 884. The number of rotatable bonds is 3. The lowest BCUT2D eigenvalue weighted by Gasteiger charge is -2.51. The summed E-state index contributed by atoms with van der Waals surface area (Å²) in [7, 11) is 0. The zero-order valence-electron chi connectivity index (χ0n) is 16.5. The molecule has 0 N–H and O–H groups in total. The van der Waals surface area contributed by atoms with Crippen LogP contribution in [0.25, 0.3) is 0 Å². The molecule has 2 aromatic rings. The fraction of sp³-hybridized carbons (Fsp3) is 0.545. The number of hydrogen-bond donors (Lipinski definition) is 0. The van der Waals surface area contributed by atoms with Crippen molar-refractivity contribution in [1.82, 2.24) is 19.6 Å². The molecule has 4 fully saturated rings. The second kappa shape index (κ2) is 6.69. The Hall–Kier alpha value is -2.21. The van der Waals surface area contributed by atoms with Gasteiger partial charge in [0.2, 0.25) is 5.91 Å². The van der Waals surface area contributed by atoms with Crippen molar-refractivity contribution in [1.29, 1.82) is 0 Å². The van der Waals surface area contributed by atoms with Crippen molar-refractivity contribution in [3.05, 3.63) is 53.1 Å². The Morgan fingerprint density at radius 1 is 1.14 bits per heavy atom. The minimum Gasteiger partial charge on any atom is -0.336 e. The number of halogens is 1. The van der Waals surface area contributed by atoms with Gasteiger partial charge in [0.05, 0.1) is 11.7 Å². The SMILES string of the molecule is Cc1cc(C)n(CC(=O)N2C[C@@H](c3ccc(F)cc3)[C@@H]3[C@H]2C2CCN3CC2)n1. The molecule has 0 spiro atoms. The van der Waals surface area contributed by atoms with Gasteiger partial charge in [0.1, 0.15) is 12.4 Å². The molecule has 4 saturated heterocycles. The van der Waals surface area contributed by atoms with E-state index in [4.69, 9.17) is 0 Å². The molecule has 4 aliphatic heterocycles. The van der Waals surface area contributed by atoms with Crippen LogP contribution in [-0.2, 0) is 11.3 Å². The van der Waals surface area contributed by atoms with Crippen molar-refractivity contribution in [2.45, 2.75) is 51.2 Å². The van der Waals surface area contributed by atoms with E-state index >= 15 is 0 Å². The molecule has 0 unspecified atom stereocenters. The van der Waals surface area contributed by atoms with Gasteiger partial charge in [-0.3, -0.25) is 14.4 Å². The Morgan fingerprint density at radius 3 is 2.50 bits per heavy atom. The zero-order chi connectivity index (χ0) is 19.4. The fourth-order valence-corrected chi connectivity index (χ4v) is 5.76. The first-order valence-corrected chi connectivity index (χ1v) is 10.3. The van der Waals surface area contributed by atoms with Gasteiger partial charge >= 0.3 is 0 Å². The number of hydrogen-bond acceptors (Lipinski definition) is 3. The van der Waals surface area contributed by atoms with Crippen LogP contribution in [0.15, 0.2) is 30.3 Å². The Labute approximate surface area is 165 Å². The molecule has 1 aromatic carbocycles. The lowest BCUT2D eigenvalue weighted by molar-refractivity contribution is -0.136. The molecule has 0 radical (unpaired) electrons. The molecule has 1 amide bonds. The summed E-state index contributed by atoms with van der Waals surface area (Å²) in [5.41, 5.74) is 3.10. The van der Waals surface area contributed by atoms with Crippen LogP contribution in [0.5, 0.6) is 0 Å². The number of amides is 1. The van der Waals surface area contributed by atoms with E-state index < -0.39 is 0 Å². The quantitative estimate of drug-likeness (QED) is 0.820. The van der Waals surface area contributed by atoms with Gasteiger partial charge in [0, 0.05) is 24.2 Å². The molecule has 2 bridgehead atoms. The molecule has 1 aromatic heterocycles. The summed E-state index contributed by atoms with van der Waals surface area (Å²) < 4.78 is 15.3. The summed E-state index contributed by atoms with van der Waals surface area (Å²) in [4.78, 5) is 18.0. The Balaban J connectivity index is 1.45. The largest absolute Gasteiger partial charge is 0.336 e. The highest BCUT2D eigenvalue weighted by Gasteiger charge is 2.54. The van der Waals surface area contributed by atoms with Crippen molar-refractivity contribution in [2.24, 2.45) is 5.92 Å². The molecular formula is C22H27FN4O. The second-order valence-electron chi connectivity index (χ2n) is 8.64.